The van der Waals surface area contributed by atoms with E-state index in [9.17, 15) is 82.1 Å². The molecule has 0 aliphatic heterocycles. The molecular formula is C56H89N23O18. The summed E-state index contributed by atoms with van der Waals surface area (Å²) in [5.74, 6) is -19.5. The van der Waals surface area contributed by atoms with E-state index in [1.807, 2.05) is 0 Å². The highest BCUT2D eigenvalue weighted by Gasteiger charge is 2.37. The molecule has 0 unspecified atom stereocenters. The van der Waals surface area contributed by atoms with Gasteiger partial charge < -0.3 is 125 Å². The summed E-state index contributed by atoms with van der Waals surface area (Å²) in [5, 5.41) is 52.2. The first kappa shape index (κ1) is 81.7. The molecule has 0 fully saturated rings. The largest absolute Gasteiger partial charge is 0.481 e. The van der Waals surface area contributed by atoms with Gasteiger partial charge in [-0.25, -0.2) is 0 Å². The normalized spacial score (nSPS) is 13.9. The average Bonchev–Trinajstić information content (AvgIpc) is 1.77. The monoisotopic (exact) mass is 1370 g/mol. The maximum Gasteiger partial charge on any atom is 0.322 e. The van der Waals surface area contributed by atoms with E-state index in [0.29, 0.717) is 16.5 Å². The molecule has 32 N–H and O–H groups in total. The molecule has 0 radical (unpaired) electrons. The molecule has 1 heterocycles. The summed E-state index contributed by atoms with van der Waals surface area (Å²) in [6, 6.07) is -10.0. The molecule has 2 aromatic rings. The molecule has 0 saturated heterocycles. The van der Waals surface area contributed by atoms with Crippen LogP contribution in [0.2, 0.25) is 0 Å². The quantitative estimate of drug-likeness (QED) is 0.0166. The van der Waals surface area contributed by atoms with Gasteiger partial charge in [-0.15, -0.1) is 0 Å². The van der Waals surface area contributed by atoms with E-state index in [4.69, 9.17) is 56.7 Å². The molecule has 12 amide bonds. The minimum Gasteiger partial charge on any atom is -0.481 e. The summed E-state index contributed by atoms with van der Waals surface area (Å²) in [7, 11) is 0. The first-order chi connectivity index (χ1) is 45.5. The van der Waals surface area contributed by atoms with Gasteiger partial charge in [0.05, 0.1) is 25.3 Å². The first-order valence-corrected chi connectivity index (χ1v) is 30.2. The average molecular weight is 1370 g/mol. The van der Waals surface area contributed by atoms with E-state index in [1.165, 1.54) is 6.20 Å². The molecule has 0 bridgehead atoms. The standard InChI is InChI=1S/C56H89N23O18/c1-25(2)43(53(97)75-31(11-6-16-66-54(60)61)46(90)70-24-42(86)87)79-49(93)33(13-8-18-68-56(64)65)73-47(91)32(12-7-17-67-55(62)63)74-51(95)35(19-27-23-69-30-10-5-4-9-28(27)30)76-44(88)26(3)71-50(94)37(22-41(84)85)78-52(96)36(21-39(59)81)77-48(92)34(14-15-38(58)80)72-45(89)29(57)20-40(82)83/h4-5,9-10,23,25-26,29,31-37,43,69H,6-8,11-22,24,57H2,1-3H3,(H2,58,80)(H2,59,81)(H,70,90)(H,71,94)(H,72,89)(H,73,91)(H,74,95)(H,75,97)(H,76,88)(H,77,92)(H,78,96)(H,79,93)(H,82,83)(H,84,85)(H,86,87)(H4,60,61,66)(H4,62,63,67)(H4,64,65,68)/t26-,29-,31-,32-,33-,34-,35-,36-,37-,43-/m0/s1. The number of fused-ring (bicyclic) bond motifs is 1. The van der Waals surface area contributed by atoms with Crippen LogP contribution in [-0.2, 0) is 78.3 Å². The Hall–Kier alpha value is -11.4. The van der Waals surface area contributed by atoms with Gasteiger partial charge in [-0.3, -0.25) is 86.9 Å². The Bertz CT molecular complexity index is 3230. The molecule has 41 nitrogen and oxygen atoms in total. The lowest BCUT2D eigenvalue weighted by Gasteiger charge is -2.28. The number of hydrogen-bond donors (Lipinski definition) is 23. The number of para-hydroxylation sites is 1. The second-order valence-corrected chi connectivity index (χ2v) is 22.4. The summed E-state index contributed by atoms with van der Waals surface area (Å²) in [6.45, 7) is 3.28. The molecule has 0 spiro atoms. The summed E-state index contributed by atoms with van der Waals surface area (Å²) < 4.78 is 0. The fourth-order valence-electron chi connectivity index (χ4n) is 9.06. The number of hydrogen-bond acceptors (Lipinski definition) is 19. The van der Waals surface area contributed by atoms with E-state index >= 15 is 0 Å². The van der Waals surface area contributed by atoms with Crippen molar-refractivity contribution in [2.24, 2.45) is 72.5 Å². The first-order valence-electron chi connectivity index (χ1n) is 30.2. The maximum absolute atomic E-state index is 14.8. The highest BCUT2D eigenvalue weighted by molar-refractivity contribution is 6.01. The number of aliphatic imine (C=N–C) groups is 3. The smallest absolute Gasteiger partial charge is 0.322 e. The number of benzene rings is 1. The van der Waals surface area contributed by atoms with Gasteiger partial charge in [0.1, 0.15) is 60.9 Å². The third-order valence-corrected chi connectivity index (χ3v) is 14.0. The Morgan fingerprint density at radius 3 is 1.33 bits per heavy atom. The summed E-state index contributed by atoms with van der Waals surface area (Å²) in [4.78, 5) is 212. The second-order valence-electron chi connectivity index (χ2n) is 22.4. The Morgan fingerprint density at radius 2 is 0.856 bits per heavy atom. The van der Waals surface area contributed by atoms with Gasteiger partial charge in [0, 0.05) is 49.6 Å². The molecule has 0 saturated carbocycles. The molecule has 0 aliphatic carbocycles. The van der Waals surface area contributed by atoms with Crippen molar-refractivity contribution in [1.29, 1.82) is 0 Å². The number of primary amides is 2. The molecule has 1 aromatic heterocycles. The fourth-order valence-corrected chi connectivity index (χ4v) is 9.06. The van der Waals surface area contributed by atoms with Crippen molar-refractivity contribution in [3.05, 3.63) is 36.0 Å². The number of rotatable bonds is 45. The zero-order valence-corrected chi connectivity index (χ0v) is 53.6. The van der Waals surface area contributed by atoms with Crippen LogP contribution < -0.4 is 105 Å². The van der Waals surface area contributed by atoms with Crippen molar-refractivity contribution in [2.45, 2.75) is 158 Å². The molecule has 97 heavy (non-hydrogen) atoms. The fraction of sp³-hybridized carbons (Fsp3) is 0.536. The molecular weight excluding hydrogens is 1280 g/mol. The summed E-state index contributed by atoms with van der Waals surface area (Å²) >= 11 is 0. The third-order valence-electron chi connectivity index (χ3n) is 14.0. The van der Waals surface area contributed by atoms with Crippen molar-refractivity contribution < 1.29 is 87.2 Å². The number of aliphatic carboxylic acids is 3. The number of nitrogens with two attached hydrogens (primary N) is 9. The highest BCUT2D eigenvalue weighted by atomic mass is 16.4. The number of carbonyl (C=O) groups excluding carboxylic acids is 12. The van der Waals surface area contributed by atoms with Gasteiger partial charge in [-0.2, -0.15) is 0 Å². The lowest BCUT2D eigenvalue weighted by molar-refractivity contribution is -0.142. The number of carbonyl (C=O) groups is 15. The van der Waals surface area contributed by atoms with Crippen LogP contribution >= 0.6 is 0 Å². The highest BCUT2D eigenvalue weighted by Crippen LogP contribution is 2.20. The number of carboxylic acid groups (broad SMARTS) is 3. The van der Waals surface area contributed by atoms with Gasteiger partial charge in [0.25, 0.3) is 0 Å². The van der Waals surface area contributed by atoms with Crippen molar-refractivity contribution in [2.75, 3.05) is 26.2 Å². The van der Waals surface area contributed by atoms with Crippen molar-refractivity contribution in [1.82, 2.24) is 58.2 Å². The molecule has 41 heteroatoms. The number of aromatic nitrogens is 1. The SMILES string of the molecule is CC(C)[C@H](NC(=O)[C@H](CCCN=C(N)N)NC(=O)[C@H](CCCN=C(N)N)NC(=O)[C@H](Cc1c[nH]c2ccccc12)NC(=O)[C@H](C)NC(=O)[C@H](CC(=O)O)NC(=O)[C@H](CC(N)=O)NC(=O)[C@H](CCC(N)=O)NC(=O)[C@@H](N)CC(=O)O)C(=O)N[C@@H](CCCN=C(N)N)C(=O)NCC(=O)O. The zero-order chi connectivity index (χ0) is 73.2. The van der Waals surface area contributed by atoms with Gasteiger partial charge >= 0.3 is 17.9 Å². The van der Waals surface area contributed by atoms with Crippen LogP contribution in [0.15, 0.2) is 45.4 Å². The number of guanidine groups is 3. The number of nitrogens with one attached hydrogen (secondary N) is 11. The second kappa shape index (κ2) is 41.3. The van der Waals surface area contributed by atoms with E-state index < -0.39 is 194 Å². The maximum atomic E-state index is 14.8. The predicted octanol–water partition coefficient (Wildman–Crippen LogP) is -9.47. The number of carboxylic acids is 3. The Labute approximate surface area is 554 Å². The molecule has 536 valence electrons. The van der Waals surface area contributed by atoms with Crippen LogP contribution in [0, 0.1) is 5.92 Å². The van der Waals surface area contributed by atoms with Crippen LogP contribution in [-0.4, -0.2) is 214 Å². The van der Waals surface area contributed by atoms with Crippen LogP contribution in [0.3, 0.4) is 0 Å². The van der Waals surface area contributed by atoms with Gasteiger partial charge in [0.15, 0.2) is 17.9 Å². The third kappa shape index (κ3) is 31.4. The number of H-pyrrole nitrogens is 1. The zero-order valence-electron chi connectivity index (χ0n) is 53.6. The van der Waals surface area contributed by atoms with Crippen LogP contribution in [0.5, 0.6) is 0 Å². The number of amides is 12. The van der Waals surface area contributed by atoms with Crippen molar-refractivity contribution in [3.8, 4) is 0 Å². The minimum atomic E-state index is -2.10. The van der Waals surface area contributed by atoms with Crippen LogP contribution in [0.1, 0.15) is 97.0 Å². The lowest BCUT2D eigenvalue weighted by atomic mass is 10.0. The Balaban J connectivity index is 2.61. The number of nitrogens with zero attached hydrogens (tertiary/aromatic N) is 3. The van der Waals surface area contributed by atoms with Crippen LogP contribution in [0.4, 0.5) is 0 Å². The topological polar surface area (TPSA) is 724 Å². The summed E-state index contributed by atoms with van der Waals surface area (Å²) in [6.07, 6.45) is -3.40. The minimum absolute atomic E-state index is 0.00628. The van der Waals surface area contributed by atoms with Gasteiger partial charge in [-0.05, 0) is 69.4 Å². The summed E-state index contributed by atoms with van der Waals surface area (Å²) in [5.41, 5.74) is 50.2. The van der Waals surface area contributed by atoms with E-state index in [-0.39, 0.29) is 82.5 Å². The molecule has 2 rings (SSSR count). The van der Waals surface area contributed by atoms with E-state index in [0.717, 1.165) is 6.92 Å². The molecule has 1 aromatic carbocycles. The lowest BCUT2D eigenvalue weighted by Crippen LogP contribution is -2.61. The van der Waals surface area contributed by atoms with E-state index in [1.54, 1.807) is 38.1 Å². The molecule has 10 atom stereocenters. The van der Waals surface area contributed by atoms with E-state index in [2.05, 4.69) is 73.1 Å². The predicted molar refractivity (Wildman–Crippen MR) is 345 cm³/mol. The van der Waals surface area contributed by atoms with Crippen LogP contribution in [0.25, 0.3) is 10.9 Å². The molecule has 0 aliphatic rings. The Morgan fingerprint density at radius 1 is 0.443 bits per heavy atom. The van der Waals surface area contributed by atoms with Gasteiger partial charge in [-0.1, -0.05) is 32.0 Å². The number of aromatic amines is 1. The van der Waals surface area contributed by atoms with Gasteiger partial charge in [0.2, 0.25) is 70.9 Å². The van der Waals surface area contributed by atoms with Crippen molar-refractivity contribution in [3.63, 3.8) is 0 Å². The van der Waals surface area contributed by atoms with Crippen molar-refractivity contribution >= 4 is 118 Å². The Kier molecular flexibility index (Phi) is 34.8.